The summed E-state index contributed by atoms with van der Waals surface area (Å²) in [7, 11) is 5.65. The molecule has 0 amide bonds. The van der Waals surface area contributed by atoms with Gasteiger partial charge in [-0.2, -0.15) is 0 Å². The fourth-order valence-corrected chi connectivity index (χ4v) is 1.33. The molecule has 0 spiro atoms. The molecule has 1 aliphatic heterocycles. The van der Waals surface area contributed by atoms with Crippen LogP contribution in [0.25, 0.3) is 0 Å². The van der Waals surface area contributed by atoms with Crippen LogP contribution in [0.3, 0.4) is 0 Å². The van der Waals surface area contributed by atoms with Crippen LogP contribution >= 0.6 is 0 Å². The van der Waals surface area contributed by atoms with Crippen LogP contribution in [0, 0.1) is 0 Å². The van der Waals surface area contributed by atoms with Crippen molar-refractivity contribution in [3.63, 3.8) is 0 Å². The average molecular weight is 159 g/mol. The van der Waals surface area contributed by atoms with E-state index in [-0.39, 0.29) is 0 Å². The zero-order valence-corrected chi connectivity index (χ0v) is 6.84. The van der Waals surface area contributed by atoms with E-state index in [4.69, 9.17) is 12.6 Å². The highest BCUT2D eigenvalue weighted by Gasteiger charge is 2.06. The summed E-state index contributed by atoms with van der Waals surface area (Å²) in [6.07, 6.45) is 0. The highest BCUT2D eigenvalue weighted by Crippen LogP contribution is 2.17. The van der Waals surface area contributed by atoms with Gasteiger partial charge in [0.15, 0.2) is 0 Å². The zero-order chi connectivity index (χ0) is 8.39. The predicted octanol–water partition coefficient (Wildman–Crippen LogP) is -0.0376. The molecule has 1 N–H and O–H groups in total. The first-order valence-electron chi connectivity index (χ1n) is 4.08. The third-order valence-corrected chi connectivity index (χ3v) is 1.94. The highest BCUT2D eigenvalue weighted by atomic mass is 16.5. The van der Waals surface area contributed by atoms with Crippen LogP contribution in [-0.4, -0.2) is 21.0 Å². The van der Waals surface area contributed by atoms with E-state index < -0.39 is 0 Å². The fourth-order valence-electron chi connectivity index (χ4n) is 1.33. The molecule has 0 fully saturated rings. The molecule has 60 valence electrons. The molecule has 2 rings (SSSR count). The molecule has 3 heteroatoms. The molecule has 0 bridgehead atoms. The number of hydrogen-bond donors (Lipinski definition) is 1. The van der Waals surface area contributed by atoms with Crippen molar-refractivity contribution in [3.05, 3.63) is 23.8 Å². The van der Waals surface area contributed by atoms with Crippen LogP contribution < -0.4 is 15.5 Å². The molecule has 0 aliphatic carbocycles. The van der Waals surface area contributed by atoms with E-state index in [1.54, 1.807) is 0 Å². The Bertz CT molecular complexity index is 288. The van der Waals surface area contributed by atoms with Gasteiger partial charge in [0.05, 0.1) is 0 Å². The van der Waals surface area contributed by atoms with Crippen molar-refractivity contribution in [1.82, 2.24) is 5.32 Å². The van der Waals surface area contributed by atoms with Gasteiger partial charge in [0.25, 0.3) is 0 Å². The minimum atomic E-state index is 0.733. The number of benzene rings is 1. The van der Waals surface area contributed by atoms with Crippen molar-refractivity contribution in [2.75, 3.05) is 13.2 Å². The minimum Gasteiger partial charge on any atom is -0.492 e. The van der Waals surface area contributed by atoms with Gasteiger partial charge in [-0.05, 0) is 6.07 Å². The summed E-state index contributed by atoms with van der Waals surface area (Å²) in [5.74, 6) is 0.953. The van der Waals surface area contributed by atoms with E-state index in [2.05, 4.69) is 5.32 Å². The predicted molar refractivity (Wildman–Crippen MR) is 49.0 cm³/mol. The van der Waals surface area contributed by atoms with Crippen molar-refractivity contribution in [3.8, 4) is 5.75 Å². The molecule has 0 saturated heterocycles. The van der Waals surface area contributed by atoms with Gasteiger partial charge in [-0.3, -0.25) is 0 Å². The van der Waals surface area contributed by atoms with Crippen molar-refractivity contribution in [1.29, 1.82) is 0 Å². The van der Waals surface area contributed by atoms with E-state index in [0.717, 1.165) is 36.5 Å². The van der Waals surface area contributed by atoms with Gasteiger partial charge in [-0.25, -0.2) is 0 Å². The largest absolute Gasteiger partial charge is 0.492 e. The Morgan fingerprint density at radius 2 is 2.33 bits per heavy atom. The summed E-state index contributed by atoms with van der Waals surface area (Å²) in [6.45, 7) is 2.48. The van der Waals surface area contributed by atoms with Crippen molar-refractivity contribution in [2.45, 2.75) is 6.54 Å². The third-order valence-electron chi connectivity index (χ3n) is 1.94. The maximum atomic E-state index is 5.65. The van der Waals surface area contributed by atoms with E-state index in [0.29, 0.717) is 0 Å². The van der Waals surface area contributed by atoms with Crippen molar-refractivity contribution in [2.24, 2.45) is 0 Å². The summed E-state index contributed by atoms with van der Waals surface area (Å²) in [4.78, 5) is 0. The Balaban J connectivity index is 2.36. The van der Waals surface area contributed by atoms with Crippen LogP contribution in [0.5, 0.6) is 5.75 Å². The van der Waals surface area contributed by atoms with Gasteiger partial charge in [0.2, 0.25) is 0 Å². The number of ether oxygens (including phenoxy) is 1. The number of nitrogens with one attached hydrogen (secondary N) is 1. The van der Waals surface area contributed by atoms with Crippen LogP contribution in [0.1, 0.15) is 5.56 Å². The lowest BCUT2D eigenvalue weighted by atomic mass is 9.94. The van der Waals surface area contributed by atoms with E-state index in [9.17, 15) is 0 Å². The molecule has 2 radical (unpaired) electrons. The monoisotopic (exact) mass is 159 g/mol. The third kappa shape index (κ3) is 1.46. The lowest BCUT2D eigenvalue weighted by Gasteiger charge is -2.06. The molecule has 12 heavy (non-hydrogen) atoms. The van der Waals surface area contributed by atoms with Crippen molar-refractivity contribution >= 4 is 13.3 Å². The Hall–Kier alpha value is -0.955. The molecule has 0 atom stereocenters. The summed E-state index contributed by atoms with van der Waals surface area (Å²) in [6, 6.07) is 5.75. The Kier molecular flexibility index (Phi) is 2.04. The molecular weight excluding hydrogens is 149 g/mol. The maximum Gasteiger partial charge on any atom is 0.123 e. The molecule has 1 aliphatic rings. The molecule has 1 aromatic carbocycles. The number of hydrogen-bond acceptors (Lipinski definition) is 2. The number of fused-ring (bicyclic) bond motifs is 1. The second-order valence-electron chi connectivity index (χ2n) is 2.89. The van der Waals surface area contributed by atoms with Crippen LogP contribution in [-0.2, 0) is 6.54 Å². The zero-order valence-electron chi connectivity index (χ0n) is 6.84. The second kappa shape index (κ2) is 3.19. The molecule has 1 aromatic rings. The van der Waals surface area contributed by atoms with Gasteiger partial charge in [-0.1, -0.05) is 17.6 Å². The molecule has 0 aromatic heterocycles. The Labute approximate surface area is 73.3 Å². The van der Waals surface area contributed by atoms with E-state index >= 15 is 0 Å². The summed E-state index contributed by atoms with van der Waals surface area (Å²) < 4.78 is 5.49. The number of rotatable bonds is 0. The quantitative estimate of drug-likeness (QED) is 0.536. The Morgan fingerprint density at radius 3 is 3.25 bits per heavy atom. The van der Waals surface area contributed by atoms with Gasteiger partial charge < -0.3 is 10.1 Å². The lowest BCUT2D eigenvalue weighted by molar-refractivity contribution is 0.326. The SMILES string of the molecule is [B]c1ccc2c(c1)CNCCO2. The molecule has 0 saturated carbocycles. The minimum absolute atomic E-state index is 0.733. The summed E-state index contributed by atoms with van der Waals surface area (Å²) in [5.41, 5.74) is 1.94. The fraction of sp³-hybridized carbons (Fsp3) is 0.333. The highest BCUT2D eigenvalue weighted by molar-refractivity contribution is 6.32. The van der Waals surface area contributed by atoms with Gasteiger partial charge in [0, 0.05) is 18.7 Å². The van der Waals surface area contributed by atoms with Crippen molar-refractivity contribution < 1.29 is 4.74 Å². The smallest absolute Gasteiger partial charge is 0.123 e. The molecule has 0 unspecified atom stereocenters. The normalized spacial score (nSPS) is 16.0. The Morgan fingerprint density at radius 1 is 1.42 bits per heavy atom. The second-order valence-corrected chi connectivity index (χ2v) is 2.89. The summed E-state index contributed by atoms with van der Waals surface area (Å²) >= 11 is 0. The molecule has 2 nitrogen and oxygen atoms in total. The van der Waals surface area contributed by atoms with E-state index in [1.807, 2.05) is 18.2 Å². The van der Waals surface area contributed by atoms with Crippen LogP contribution in [0.15, 0.2) is 18.2 Å². The standard InChI is InChI=1S/C9H10BNO/c10-8-1-2-9-7(5-8)6-11-3-4-12-9/h1-2,5,11H,3-4,6H2. The topological polar surface area (TPSA) is 21.3 Å². The lowest BCUT2D eigenvalue weighted by Crippen LogP contribution is -2.16. The van der Waals surface area contributed by atoms with Crippen LogP contribution in [0.4, 0.5) is 0 Å². The maximum absolute atomic E-state index is 5.65. The van der Waals surface area contributed by atoms with Crippen LogP contribution in [0.2, 0.25) is 0 Å². The first-order valence-corrected chi connectivity index (χ1v) is 4.08. The first-order chi connectivity index (χ1) is 5.86. The average Bonchev–Trinajstić information content (AvgIpc) is 2.28. The van der Waals surface area contributed by atoms with Gasteiger partial charge in [-0.15, -0.1) is 0 Å². The molecule has 1 heterocycles. The van der Waals surface area contributed by atoms with Gasteiger partial charge in [0.1, 0.15) is 20.2 Å². The van der Waals surface area contributed by atoms with Gasteiger partial charge >= 0.3 is 0 Å². The first kappa shape index (κ1) is 7.68. The van der Waals surface area contributed by atoms with E-state index in [1.165, 1.54) is 0 Å². The summed E-state index contributed by atoms with van der Waals surface area (Å²) in [5, 5.41) is 3.25. The molecular formula is C9H10BNO.